The molecule has 0 N–H and O–H groups in total. The normalized spacial score (nSPS) is 14.9. The summed E-state index contributed by atoms with van der Waals surface area (Å²) in [6.45, 7) is 9.14. The van der Waals surface area contributed by atoms with Crippen molar-refractivity contribution in [1.82, 2.24) is 0 Å². The van der Waals surface area contributed by atoms with Gasteiger partial charge in [-0.2, -0.15) is 0 Å². The van der Waals surface area contributed by atoms with E-state index in [4.69, 9.17) is 0 Å². The fourth-order valence-electron chi connectivity index (χ4n) is 1.97. The van der Waals surface area contributed by atoms with Crippen LogP contribution in [0, 0.1) is 12.8 Å². The van der Waals surface area contributed by atoms with Crippen LogP contribution in [0.2, 0.25) is 0 Å². The Morgan fingerprint density at radius 2 is 1.67 bits per heavy atom. The van der Waals surface area contributed by atoms with Gasteiger partial charge in [-0.1, -0.05) is 69.9 Å². The standard InChI is InChI=1S/C15H24/c1-5-6-7-13(3)14(4)15-10-8-12(2)9-11-15/h8-11,13-14H,5-7H2,1-4H3. The second kappa shape index (κ2) is 5.95. The van der Waals surface area contributed by atoms with Crippen molar-refractivity contribution in [1.29, 1.82) is 0 Å². The molecule has 0 fully saturated rings. The third-order valence-electron chi connectivity index (χ3n) is 3.47. The molecular formula is C15H24. The topological polar surface area (TPSA) is 0 Å². The van der Waals surface area contributed by atoms with E-state index in [-0.39, 0.29) is 0 Å². The van der Waals surface area contributed by atoms with Gasteiger partial charge in [0.15, 0.2) is 0 Å². The highest BCUT2D eigenvalue weighted by atomic mass is 14.2. The Balaban J connectivity index is 2.59. The Hall–Kier alpha value is -0.780. The van der Waals surface area contributed by atoms with Gasteiger partial charge in [0.25, 0.3) is 0 Å². The van der Waals surface area contributed by atoms with E-state index in [1.165, 1.54) is 30.4 Å². The predicted octanol–water partition coefficient (Wildman–Crippen LogP) is 4.92. The third kappa shape index (κ3) is 3.70. The summed E-state index contributed by atoms with van der Waals surface area (Å²) in [5, 5.41) is 0. The number of rotatable bonds is 5. The molecule has 0 heteroatoms. The van der Waals surface area contributed by atoms with Gasteiger partial charge in [-0.05, 0) is 24.3 Å². The minimum Gasteiger partial charge on any atom is -0.0654 e. The van der Waals surface area contributed by atoms with E-state index < -0.39 is 0 Å². The lowest BCUT2D eigenvalue weighted by atomic mass is 9.85. The summed E-state index contributed by atoms with van der Waals surface area (Å²) in [5.74, 6) is 1.49. The van der Waals surface area contributed by atoms with Gasteiger partial charge in [0.2, 0.25) is 0 Å². The van der Waals surface area contributed by atoms with E-state index >= 15 is 0 Å². The Kier molecular flexibility index (Phi) is 4.87. The molecule has 0 aliphatic rings. The third-order valence-corrected chi connectivity index (χ3v) is 3.47. The molecule has 0 radical (unpaired) electrons. The molecule has 0 aliphatic carbocycles. The molecule has 0 aromatic heterocycles. The largest absolute Gasteiger partial charge is 0.0654 e. The summed E-state index contributed by atoms with van der Waals surface area (Å²) in [6.07, 6.45) is 4.02. The van der Waals surface area contributed by atoms with E-state index in [1.807, 2.05) is 0 Å². The second-order valence-electron chi connectivity index (χ2n) is 4.82. The average Bonchev–Trinajstić information content (AvgIpc) is 2.26. The molecule has 2 unspecified atom stereocenters. The van der Waals surface area contributed by atoms with Crippen molar-refractivity contribution in [3.05, 3.63) is 35.4 Å². The number of aryl methyl sites for hydroxylation is 1. The second-order valence-corrected chi connectivity index (χ2v) is 4.82. The maximum absolute atomic E-state index is 2.38. The number of hydrogen-bond acceptors (Lipinski definition) is 0. The summed E-state index contributed by atoms with van der Waals surface area (Å²) in [4.78, 5) is 0. The Bertz CT molecular complexity index is 271. The Morgan fingerprint density at radius 1 is 1.07 bits per heavy atom. The average molecular weight is 204 g/mol. The fourth-order valence-corrected chi connectivity index (χ4v) is 1.97. The van der Waals surface area contributed by atoms with Crippen LogP contribution < -0.4 is 0 Å². The monoisotopic (exact) mass is 204 g/mol. The fraction of sp³-hybridized carbons (Fsp3) is 0.600. The van der Waals surface area contributed by atoms with E-state index in [0.717, 1.165) is 5.92 Å². The molecule has 0 saturated heterocycles. The van der Waals surface area contributed by atoms with Crippen LogP contribution in [0.25, 0.3) is 0 Å². The van der Waals surface area contributed by atoms with Crippen LogP contribution >= 0.6 is 0 Å². The first kappa shape index (κ1) is 12.3. The highest BCUT2D eigenvalue weighted by molar-refractivity contribution is 5.24. The number of benzene rings is 1. The van der Waals surface area contributed by atoms with Gasteiger partial charge >= 0.3 is 0 Å². The molecular weight excluding hydrogens is 180 g/mol. The van der Waals surface area contributed by atoms with E-state index in [1.54, 1.807) is 0 Å². The maximum atomic E-state index is 2.38. The molecule has 2 atom stereocenters. The van der Waals surface area contributed by atoms with Crippen molar-refractivity contribution in [2.75, 3.05) is 0 Å². The van der Waals surface area contributed by atoms with Gasteiger partial charge in [0, 0.05) is 0 Å². The summed E-state index contributed by atoms with van der Waals surface area (Å²) >= 11 is 0. The first-order valence-corrected chi connectivity index (χ1v) is 6.21. The van der Waals surface area contributed by atoms with Crippen LogP contribution in [0.3, 0.4) is 0 Å². The van der Waals surface area contributed by atoms with E-state index in [0.29, 0.717) is 5.92 Å². The molecule has 1 aromatic rings. The van der Waals surface area contributed by atoms with Crippen molar-refractivity contribution in [2.45, 2.75) is 52.9 Å². The molecule has 0 bridgehead atoms. The van der Waals surface area contributed by atoms with Crippen molar-refractivity contribution in [3.8, 4) is 0 Å². The minimum atomic E-state index is 0.692. The lowest BCUT2D eigenvalue weighted by molar-refractivity contribution is 0.436. The van der Waals surface area contributed by atoms with Gasteiger partial charge in [0.1, 0.15) is 0 Å². The lowest BCUT2D eigenvalue weighted by Crippen LogP contribution is -2.06. The van der Waals surface area contributed by atoms with E-state index in [9.17, 15) is 0 Å². The highest BCUT2D eigenvalue weighted by Gasteiger charge is 2.13. The van der Waals surface area contributed by atoms with Crippen LogP contribution in [-0.4, -0.2) is 0 Å². The van der Waals surface area contributed by atoms with Crippen molar-refractivity contribution >= 4 is 0 Å². The highest BCUT2D eigenvalue weighted by Crippen LogP contribution is 2.27. The molecule has 0 spiro atoms. The summed E-state index contributed by atoms with van der Waals surface area (Å²) in [5.41, 5.74) is 2.84. The van der Waals surface area contributed by atoms with Crippen molar-refractivity contribution in [2.24, 2.45) is 5.92 Å². The van der Waals surface area contributed by atoms with Crippen molar-refractivity contribution < 1.29 is 0 Å². The first-order chi connectivity index (χ1) is 7.15. The summed E-state index contributed by atoms with van der Waals surface area (Å²) in [7, 11) is 0. The molecule has 1 aromatic carbocycles. The SMILES string of the molecule is CCCCC(C)C(C)c1ccc(C)cc1. The van der Waals surface area contributed by atoms with Gasteiger partial charge in [-0.15, -0.1) is 0 Å². The molecule has 0 heterocycles. The molecule has 84 valence electrons. The van der Waals surface area contributed by atoms with Gasteiger partial charge in [-0.25, -0.2) is 0 Å². The van der Waals surface area contributed by atoms with Crippen LogP contribution in [0.15, 0.2) is 24.3 Å². The van der Waals surface area contributed by atoms with Gasteiger partial charge in [-0.3, -0.25) is 0 Å². The quantitative estimate of drug-likeness (QED) is 0.638. The number of unbranched alkanes of at least 4 members (excludes halogenated alkanes) is 1. The van der Waals surface area contributed by atoms with E-state index in [2.05, 4.69) is 52.0 Å². The van der Waals surface area contributed by atoms with Gasteiger partial charge in [0.05, 0.1) is 0 Å². The summed E-state index contributed by atoms with van der Waals surface area (Å²) in [6, 6.07) is 9.00. The molecule has 15 heavy (non-hydrogen) atoms. The van der Waals surface area contributed by atoms with Crippen LogP contribution in [0.4, 0.5) is 0 Å². The van der Waals surface area contributed by atoms with Gasteiger partial charge < -0.3 is 0 Å². The zero-order valence-corrected chi connectivity index (χ0v) is 10.6. The lowest BCUT2D eigenvalue weighted by Gasteiger charge is -2.20. The van der Waals surface area contributed by atoms with Crippen LogP contribution in [-0.2, 0) is 0 Å². The molecule has 0 aliphatic heterocycles. The van der Waals surface area contributed by atoms with Crippen LogP contribution in [0.1, 0.15) is 57.1 Å². The molecule has 1 rings (SSSR count). The smallest absolute Gasteiger partial charge is 0.0165 e. The van der Waals surface area contributed by atoms with Crippen molar-refractivity contribution in [3.63, 3.8) is 0 Å². The number of hydrogen-bond donors (Lipinski definition) is 0. The molecule has 0 saturated carbocycles. The molecule has 0 amide bonds. The predicted molar refractivity (Wildman–Crippen MR) is 68.3 cm³/mol. The summed E-state index contributed by atoms with van der Waals surface area (Å²) < 4.78 is 0. The van der Waals surface area contributed by atoms with Crippen LogP contribution in [0.5, 0.6) is 0 Å². The first-order valence-electron chi connectivity index (χ1n) is 6.21. The maximum Gasteiger partial charge on any atom is -0.0165 e. The zero-order valence-electron chi connectivity index (χ0n) is 10.6. The Morgan fingerprint density at radius 3 is 2.20 bits per heavy atom. The Labute approximate surface area is 94.7 Å². The zero-order chi connectivity index (χ0) is 11.3. The molecule has 0 nitrogen and oxygen atoms in total. The minimum absolute atomic E-state index is 0.692.